The zero-order valence-electron chi connectivity index (χ0n) is 12.0. The molecule has 1 aromatic heterocycles. The van der Waals surface area contributed by atoms with Crippen molar-refractivity contribution in [3.63, 3.8) is 0 Å². The second-order valence-corrected chi connectivity index (χ2v) is 7.02. The fourth-order valence-electron chi connectivity index (χ4n) is 3.07. The Morgan fingerprint density at radius 3 is 3.00 bits per heavy atom. The Hall–Kier alpha value is -0.590. The van der Waals surface area contributed by atoms with Gasteiger partial charge in [-0.05, 0) is 19.9 Å². The Balaban J connectivity index is 1.75. The number of thioether (sulfide) groups is 1. The van der Waals surface area contributed by atoms with Crippen LogP contribution in [-0.4, -0.2) is 51.3 Å². The maximum absolute atomic E-state index is 10.2. The van der Waals surface area contributed by atoms with E-state index in [1.807, 2.05) is 11.8 Å². The van der Waals surface area contributed by atoms with Gasteiger partial charge in [0.05, 0.1) is 18.1 Å². The number of aromatic nitrogens is 2. The van der Waals surface area contributed by atoms with E-state index >= 15 is 0 Å². The molecule has 6 heteroatoms. The molecule has 1 aliphatic heterocycles. The highest BCUT2D eigenvalue weighted by molar-refractivity contribution is 7.99. The van der Waals surface area contributed by atoms with Crippen molar-refractivity contribution in [1.29, 1.82) is 0 Å². The van der Waals surface area contributed by atoms with Crippen molar-refractivity contribution in [3.8, 4) is 0 Å². The van der Waals surface area contributed by atoms with Crippen LogP contribution in [0.25, 0.3) is 0 Å². The molecule has 1 saturated carbocycles. The van der Waals surface area contributed by atoms with Gasteiger partial charge in [0.15, 0.2) is 5.82 Å². The fraction of sp³-hybridized carbons (Fsp3) is 0.857. The van der Waals surface area contributed by atoms with E-state index in [4.69, 9.17) is 4.52 Å². The van der Waals surface area contributed by atoms with E-state index < -0.39 is 0 Å². The van der Waals surface area contributed by atoms with E-state index in [0.717, 1.165) is 43.8 Å². The quantitative estimate of drug-likeness (QED) is 0.844. The lowest BCUT2D eigenvalue weighted by Gasteiger charge is -2.29. The van der Waals surface area contributed by atoms with Crippen LogP contribution in [0.4, 0.5) is 0 Å². The van der Waals surface area contributed by atoms with E-state index in [1.54, 1.807) is 0 Å². The van der Waals surface area contributed by atoms with Gasteiger partial charge in [0.1, 0.15) is 0 Å². The number of rotatable bonds is 2. The predicted octanol–water partition coefficient (Wildman–Crippen LogP) is 2.20. The van der Waals surface area contributed by atoms with Gasteiger partial charge in [-0.15, -0.1) is 0 Å². The van der Waals surface area contributed by atoms with Crippen molar-refractivity contribution in [1.82, 2.24) is 15.0 Å². The number of hydrogen-bond acceptors (Lipinski definition) is 6. The minimum atomic E-state index is -0.329. The lowest BCUT2D eigenvalue weighted by atomic mass is 9.97. The maximum atomic E-state index is 10.2. The first-order valence-electron chi connectivity index (χ1n) is 7.55. The summed E-state index contributed by atoms with van der Waals surface area (Å²) in [6, 6.07) is 0.245. The van der Waals surface area contributed by atoms with Gasteiger partial charge in [-0.1, -0.05) is 24.4 Å². The lowest BCUT2D eigenvalue weighted by Crippen LogP contribution is -2.33. The molecule has 0 amide bonds. The second kappa shape index (κ2) is 6.45. The molecule has 0 aromatic carbocycles. The summed E-state index contributed by atoms with van der Waals surface area (Å²) in [5.74, 6) is 3.63. The monoisotopic (exact) mass is 297 g/mol. The van der Waals surface area contributed by atoms with E-state index in [-0.39, 0.29) is 18.1 Å². The van der Waals surface area contributed by atoms with Crippen LogP contribution in [0.15, 0.2) is 4.52 Å². The van der Waals surface area contributed by atoms with Crippen LogP contribution in [0.2, 0.25) is 0 Å². The fourth-order valence-corrected chi connectivity index (χ4v) is 4.28. The summed E-state index contributed by atoms with van der Waals surface area (Å²) < 4.78 is 5.47. The highest BCUT2D eigenvalue weighted by Gasteiger charge is 2.31. The third-order valence-electron chi connectivity index (χ3n) is 4.45. The van der Waals surface area contributed by atoms with Crippen LogP contribution in [0.1, 0.15) is 55.8 Å². The maximum Gasteiger partial charge on any atom is 0.232 e. The Kier molecular flexibility index (Phi) is 4.63. The highest BCUT2D eigenvalue weighted by Crippen LogP contribution is 2.33. The van der Waals surface area contributed by atoms with Crippen LogP contribution in [0.3, 0.4) is 0 Å². The predicted molar refractivity (Wildman–Crippen MR) is 78.8 cm³/mol. The second-order valence-electron chi connectivity index (χ2n) is 5.87. The number of hydrogen-bond donors (Lipinski definition) is 1. The summed E-state index contributed by atoms with van der Waals surface area (Å²) in [4.78, 5) is 6.89. The first-order valence-corrected chi connectivity index (χ1v) is 8.70. The molecule has 2 aliphatic rings. The van der Waals surface area contributed by atoms with Gasteiger partial charge in [0.25, 0.3) is 0 Å². The smallest absolute Gasteiger partial charge is 0.232 e. The molecule has 1 aromatic rings. The third-order valence-corrected chi connectivity index (χ3v) is 5.47. The molecule has 0 bridgehead atoms. The average molecular weight is 297 g/mol. The molecule has 0 radical (unpaired) electrons. The molecule has 2 fully saturated rings. The van der Waals surface area contributed by atoms with Crippen molar-refractivity contribution in [2.24, 2.45) is 0 Å². The highest BCUT2D eigenvalue weighted by atomic mass is 32.2. The lowest BCUT2D eigenvalue weighted by molar-refractivity contribution is 0.119. The minimum Gasteiger partial charge on any atom is -0.392 e. The molecule has 0 spiro atoms. The average Bonchev–Trinajstić information content (AvgIpc) is 2.82. The van der Waals surface area contributed by atoms with Gasteiger partial charge in [-0.2, -0.15) is 16.7 Å². The van der Waals surface area contributed by atoms with Crippen molar-refractivity contribution >= 4 is 11.8 Å². The summed E-state index contributed by atoms with van der Waals surface area (Å²) in [7, 11) is 2.11. The van der Waals surface area contributed by atoms with Gasteiger partial charge in [0.2, 0.25) is 5.89 Å². The van der Waals surface area contributed by atoms with Crippen LogP contribution < -0.4 is 0 Å². The number of aliphatic hydroxyl groups excluding tert-OH is 1. The third kappa shape index (κ3) is 3.02. The molecule has 1 saturated heterocycles. The minimum absolute atomic E-state index is 0.0281. The molecular formula is C14H23N3O2S. The first kappa shape index (κ1) is 14.4. The Labute approximate surface area is 124 Å². The summed E-state index contributed by atoms with van der Waals surface area (Å²) in [6.45, 7) is 1.06. The van der Waals surface area contributed by atoms with Crippen LogP contribution >= 0.6 is 11.8 Å². The molecule has 5 nitrogen and oxygen atoms in total. The summed E-state index contributed by atoms with van der Waals surface area (Å²) in [6.07, 6.45) is 4.90. The molecule has 3 atom stereocenters. The van der Waals surface area contributed by atoms with E-state index in [9.17, 15) is 5.11 Å². The van der Waals surface area contributed by atoms with Crippen molar-refractivity contribution in [2.45, 2.75) is 50.2 Å². The van der Waals surface area contributed by atoms with Gasteiger partial charge >= 0.3 is 0 Å². The first-order chi connectivity index (χ1) is 9.75. The zero-order chi connectivity index (χ0) is 13.9. The van der Waals surface area contributed by atoms with E-state index in [0.29, 0.717) is 5.89 Å². The topological polar surface area (TPSA) is 62.4 Å². The molecule has 3 rings (SSSR count). The van der Waals surface area contributed by atoms with Crippen LogP contribution in [0.5, 0.6) is 0 Å². The molecule has 1 aliphatic carbocycles. The SMILES string of the molecule is CN1CCSCC1c1noc(C2CCCCCC2O)n1. The Morgan fingerprint density at radius 2 is 2.15 bits per heavy atom. The van der Waals surface area contributed by atoms with Gasteiger partial charge in [0, 0.05) is 18.1 Å². The summed E-state index contributed by atoms with van der Waals surface area (Å²) >= 11 is 1.94. The standard InChI is InChI=1S/C14H23N3O2S/c1-17-7-8-20-9-11(17)13-15-14(19-16-13)10-5-3-2-4-6-12(10)18/h10-12,18H,2-9H2,1H3. The molecule has 1 N–H and O–H groups in total. The summed E-state index contributed by atoms with van der Waals surface area (Å²) in [5.41, 5.74) is 0. The molecular weight excluding hydrogens is 274 g/mol. The summed E-state index contributed by atoms with van der Waals surface area (Å²) in [5, 5.41) is 14.4. The van der Waals surface area contributed by atoms with Crippen LogP contribution in [-0.2, 0) is 0 Å². The van der Waals surface area contributed by atoms with Crippen molar-refractivity contribution in [3.05, 3.63) is 11.7 Å². The number of nitrogens with zero attached hydrogens (tertiary/aromatic N) is 3. The largest absolute Gasteiger partial charge is 0.392 e. The Bertz CT molecular complexity index is 440. The normalized spacial score (nSPS) is 33.0. The molecule has 2 heterocycles. The van der Waals surface area contributed by atoms with Crippen molar-refractivity contribution in [2.75, 3.05) is 25.1 Å². The van der Waals surface area contributed by atoms with Gasteiger partial charge in [-0.25, -0.2) is 0 Å². The van der Waals surface area contributed by atoms with Gasteiger partial charge in [-0.3, -0.25) is 4.90 Å². The zero-order valence-corrected chi connectivity index (χ0v) is 12.8. The molecule has 20 heavy (non-hydrogen) atoms. The van der Waals surface area contributed by atoms with E-state index in [1.165, 1.54) is 12.2 Å². The Morgan fingerprint density at radius 1 is 1.30 bits per heavy atom. The molecule has 3 unspecified atom stereocenters. The molecule has 112 valence electrons. The van der Waals surface area contributed by atoms with Crippen molar-refractivity contribution < 1.29 is 9.63 Å². The van der Waals surface area contributed by atoms with Crippen LogP contribution in [0, 0.1) is 0 Å². The van der Waals surface area contributed by atoms with Gasteiger partial charge < -0.3 is 9.63 Å². The van der Waals surface area contributed by atoms with E-state index in [2.05, 4.69) is 22.1 Å². The number of aliphatic hydroxyl groups is 1.